The Morgan fingerprint density at radius 1 is 1.17 bits per heavy atom. The average molecular weight is 393 g/mol. The summed E-state index contributed by atoms with van der Waals surface area (Å²) in [4.78, 5) is 16.2. The number of sulfone groups is 1. The minimum absolute atomic E-state index is 0.0915. The van der Waals surface area contributed by atoms with Crippen molar-refractivity contribution in [1.82, 2.24) is 9.80 Å². The van der Waals surface area contributed by atoms with Gasteiger partial charge < -0.3 is 4.90 Å². The first-order chi connectivity index (χ1) is 11.3. The topological polar surface area (TPSA) is 57.7 Å². The van der Waals surface area contributed by atoms with Gasteiger partial charge >= 0.3 is 0 Å². The summed E-state index contributed by atoms with van der Waals surface area (Å²) >= 11 is 12.1. The highest BCUT2D eigenvalue weighted by Gasteiger charge is 2.21. The SMILES string of the molecule is CS(=O)(=O)CCN1CCN(C(=O)CCc2cccc(Cl)c2Cl)CC1. The van der Waals surface area contributed by atoms with Gasteiger partial charge in [0.1, 0.15) is 9.84 Å². The van der Waals surface area contributed by atoms with Crippen LogP contribution >= 0.6 is 23.2 Å². The second-order valence-corrected chi connectivity index (χ2v) is 9.11. The van der Waals surface area contributed by atoms with Crippen molar-refractivity contribution in [2.75, 3.05) is 44.7 Å². The fourth-order valence-corrected chi connectivity index (χ4v) is 3.66. The number of nitrogens with zero attached hydrogens (tertiary/aromatic N) is 2. The van der Waals surface area contributed by atoms with Crippen molar-refractivity contribution < 1.29 is 13.2 Å². The van der Waals surface area contributed by atoms with Gasteiger partial charge in [-0.1, -0.05) is 35.3 Å². The summed E-state index contributed by atoms with van der Waals surface area (Å²) in [5, 5.41) is 1.01. The lowest BCUT2D eigenvalue weighted by atomic mass is 10.1. The number of hydrogen-bond donors (Lipinski definition) is 0. The Kier molecular flexibility index (Phi) is 6.92. The van der Waals surface area contributed by atoms with E-state index in [-0.39, 0.29) is 11.7 Å². The Labute approximate surface area is 153 Å². The zero-order chi connectivity index (χ0) is 17.7. The number of rotatable bonds is 6. The normalized spacial score (nSPS) is 16.4. The minimum atomic E-state index is -2.95. The summed E-state index contributed by atoms with van der Waals surface area (Å²) in [6.07, 6.45) is 2.20. The quantitative estimate of drug-likeness (QED) is 0.743. The summed E-state index contributed by atoms with van der Waals surface area (Å²) < 4.78 is 22.4. The molecule has 5 nitrogen and oxygen atoms in total. The molecule has 0 saturated carbocycles. The van der Waals surface area contributed by atoms with E-state index in [0.717, 1.165) is 5.56 Å². The number of carbonyl (C=O) groups excluding carboxylic acids is 1. The van der Waals surface area contributed by atoms with Crippen molar-refractivity contribution >= 4 is 38.9 Å². The molecule has 0 radical (unpaired) electrons. The van der Waals surface area contributed by atoms with E-state index in [1.54, 1.807) is 6.07 Å². The number of amides is 1. The second kappa shape index (κ2) is 8.52. The monoisotopic (exact) mass is 392 g/mol. The molecule has 8 heteroatoms. The molecule has 0 bridgehead atoms. The van der Waals surface area contributed by atoms with Crippen LogP contribution in [0, 0.1) is 0 Å². The molecule has 0 aromatic heterocycles. The van der Waals surface area contributed by atoms with Gasteiger partial charge in [-0.2, -0.15) is 0 Å². The van der Waals surface area contributed by atoms with Crippen LogP contribution in [0.4, 0.5) is 0 Å². The van der Waals surface area contributed by atoms with Crippen LogP contribution in [0.2, 0.25) is 10.0 Å². The van der Waals surface area contributed by atoms with E-state index >= 15 is 0 Å². The number of aryl methyl sites for hydroxylation is 1. The number of piperazine rings is 1. The van der Waals surface area contributed by atoms with E-state index < -0.39 is 9.84 Å². The lowest BCUT2D eigenvalue weighted by molar-refractivity contribution is -0.132. The largest absolute Gasteiger partial charge is 0.340 e. The first kappa shape index (κ1) is 19.5. The van der Waals surface area contributed by atoms with Gasteiger partial charge in [-0.15, -0.1) is 0 Å². The van der Waals surface area contributed by atoms with Crippen LogP contribution in [0.15, 0.2) is 18.2 Å². The summed E-state index contributed by atoms with van der Waals surface area (Å²) in [6, 6.07) is 5.43. The van der Waals surface area contributed by atoms with Crippen molar-refractivity contribution in [2.24, 2.45) is 0 Å². The molecule has 1 aromatic rings. The van der Waals surface area contributed by atoms with E-state index in [1.807, 2.05) is 17.0 Å². The van der Waals surface area contributed by atoms with Crippen LogP contribution in [0.3, 0.4) is 0 Å². The molecule has 0 N–H and O–H groups in total. The molecule has 1 aromatic carbocycles. The molecule has 1 aliphatic rings. The number of hydrogen-bond acceptors (Lipinski definition) is 4. The van der Waals surface area contributed by atoms with Crippen LogP contribution in [0.1, 0.15) is 12.0 Å². The van der Waals surface area contributed by atoms with Gasteiger partial charge in [-0.3, -0.25) is 9.69 Å². The third-order valence-electron chi connectivity index (χ3n) is 4.14. The third-order valence-corrected chi connectivity index (χ3v) is 5.93. The fourth-order valence-electron chi connectivity index (χ4n) is 2.66. The molecule has 1 aliphatic heterocycles. The third kappa shape index (κ3) is 5.92. The number of benzene rings is 1. The van der Waals surface area contributed by atoms with Crippen molar-refractivity contribution in [1.29, 1.82) is 0 Å². The van der Waals surface area contributed by atoms with E-state index in [4.69, 9.17) is 23.2 Å². The van der Waals surface area contributed by atoms with Gasteiger partial charge in [0, 0.05) is 45.4 Å². The summed E-state index contributed by atoms with van der Waals surface area (Å²) in [5.74, 6) is 0.252. The van der Waals surface area contributed by atoms with Crippen molar-refractivity contribution in [3.05, 3.63) is 33.8 Å². The average Bonchev–Trinajstić information content (AvgIpc) is 2.54. The Morgan fingerprint density at radius 2 is 1.83 bits per heavy atom. The maximum atomic E-state index is 12.3. The van der Waals surface area contributed by atoms with E-state index in [2.05, 4.69) is 4.90 Å². The van der Waals surface area contributed by atoms with E-state index in [0.29, 0.717) is 55.6 Å². The molecule has 1 amide bonds. The Morgan fingerprint density at radius 3 is 2.46 bits per heavy atom. The van der Waals surface area contributed by atoms with Gasteiger partial charge in [-0.05, 0) is 18.1 Å². The van der Waals surface area contributed by atoms with Crippen LogP contribution in [-0.2, 0) is 21.1 Å². The van der Waals surface area contributed by atoms with Gasteiger partial charge in [-0.25, -0.2) is 8.42 Å². The van der Waals surface area contributed by atoms with Gasteiger partial charge in [0.05, 0.1) is 15.8 Å². The standard InChI is InChI=1S/C16H22Cl2N2O3S/c1-24(22,23)12-11-19-7-9-20(10-8-19)15(21)6-5-13-3-2-4-14(17)16(13)18/h2-4H,5-12H2,1H3. The van der Waals surface area contributed by atoms with Gasteiger partial charge in [0.25, 0.3) is 0 Å². The summed E-state index contributed by atoms with van der Waals surface area (Å²) in [5.41, 5.74) is 0.879. The van der Waals surface area contributed by atoms with Crippen molar-refractivity contribution in [2.45, 2.75) is 12.8 Å². The van der Waals surface area contributed by atoms with Gasteiger partial charge in [0.2, 0.25) is 5.91 Å². The minimum Gasteiger partial charge on any atom is -0.340 e. The lowest BCUT2D eigenvalue weighted by Crippen LogP contribution is -2.49. The van der Waals surface area contributed by atoms with Crippen LogP contribution in [0.5, 0.6) is 0 Å². The molecule has 1 saturated heterocycles. The molecule has 2 rings (SSSR count). The Bertz CT molecular complexity index is 687. The zero-order valence-electron chi connectivity index (χ0n) is 13.7. The maximum Gasteiger partial charge on any atom is 0.222 e. The van der Waals surface area contributed by atoms with E-state index in [9.17, 15) is 13.2 Å². The summed E-state index contributed by atoms with van der Waals surface area (Å²) in [6.45, 7) is 3.20. The van der Waals surface area contributed by atoms with Crippen LogP contribution in [0.25, 0.3) is 0 Å². The molecule has 0 unspecified atom stereocenters. The molecule has 24 heavy (non-hydrogen) atoms. The highest BCUT2D eigenvalue weighted by atomic mass is 35.5. The van der Waals surface area contributed by atoms with E-state index in [1.165, 1.54) is 6.26 Å². The predicted molar refractivity (Wildman–Crippen MR) is 97.5 cm³/mol. The highest BCUT2D eigenvalue weighted by Crippen LogP contribution is 2.26. The highest BCUT2D eigenvalue weighted by molar-refractivity contribution is 7.90. The van der Waals surface area contributed by atoms with Crippen LogP contribution in [-0.4, -0.2) is 68.9 Å². The molecular formula is C16H22Cl2N2O3S. The molecular weight excluding hydrogens is 371 g/mol. The lowest BCUT2D eigenvalue weighted by Gasteiger charge is -2.34. The van der Waals surface area contributed by atoms with Crippen molar-refractivity contribution in [3.63, 3.8) is 0 Å². The van der Waals surface area contributed by atoms with Gasteiger partial charge in [0.15, 0.2) is 0 Å². The number of carbonyl (C=O) groups is 1. The van der Waals surface area contributed by atoms with Crippen molar-refractivity contribution in [3.8, 4) is 0 Å². The Hall–Kier alpha value is -0.820. The smallest absolute Gasteiger partial charge is 0.222 e. The van der Waals surface area contributed by atoms with Crippen LogP contribution < -0.4 is 0 Å². The first-order valence-corrected chi connectivity index (χ1v) is 10.7. The molecule has 0 spiro atoms. The Balaban J connectivity index is 1.77. The second-order valence-electron chi connectivity index (χ2n) is 6.07. The predicted octanol–water partition coefficient (Wildman–Crippen LogP) is 2.11. The molecule has 0 aliphatic carbocycles. The molecule has 1 heterocycles. The number of halogens is 2. The summed E-state index contributed by atoms with van der Waals surface area (Å²) in [7, 11) is -2.95. The molecule has 1 fully saturated rings. The fraction of sp³-hybridized carbons (Fsp3) is 0.562. The molecule has 134 valence electrons. The maximum absolute atomic E-state index is 12.3. The zero-order valence-corrected chi connectivity index (χ0v) is 16.0. The first-order valence-electron chi connectivity index (χ1n) is 7.87. The molecule has 0 atom stereocenters.